The van der Waals surface area contributed by atoms with E-state index in [1.165, 1.54) is 18.4 Å². The molecule has 0 saturated carbocycles. The van der Waals surface area contributed by atoms with Gasteiger partial charge in [0, 0.05) is 11.8 Å². The van der Waals surface area contributed by atoms with Crippen LogP contribution in [0.5, 0.6) is 11.5 Å². The molecule has 0 N–H and O–H groups in total. The Labute approximate surface area is 121 Å². The van der Waals surface area contributed by atoms with Crippen LogP contribution < -0.4 is 9.47 Å². The van der Waals surface area contributed by atoms with Crippen molar-refractivity contribution in [3.63, 3.8) is 0 Å². The number of carbonyl (C=O) groups is 1. The Kier molecular flexibility index (Phi) is 4.57. The van der Waals surface area contributed by atoms with Crippen molar-refractivity contribution in [3.8, 4) is 11.5 Å². The van der Waals surface area contributed by atoms with Crippen LogP contribution in [0, 0.1) is 0 Å². The number of hydrogen-bond acceptors (Lipinski definition) is 6. The summed E-state index contributed by atoms with van der Waals surface area (Å²) in [6, 6.07) is 5.70. The van der Waals surface area contributed by atoms with Crippen LogP contribution in [0.3, 0.4) is 0 Å². The molecule has 2 rings (SSSR count). The first-order valence-electron chi connectivity index (χ1n) is 5.91. The van der Waals surface area contributed by atoms with Crippen molar-refractivity contribution >= 4 is 17.3 Å². The zero-order chi connectivity index (χ0) is 14.5. The lowest BCUT2D eigenvalue weighted by Gasteiger charge is -2.08. The molecule has 0 aliphatic heterocycles. The van der Waals surface area contributed by atoms with Crippen molar-refractivity contribution in [1.29, 1.82) is 0 Å². The summed E-state index contributed by atoms with van der Waals surface area (Å²) < 4.78 is 15.1. The molecule has 20 heavy (non-hydrogen) atoms. The molecule has 1 aromatic heterocycles. The molecule has 0 aliphatic carbocycles. The van der Waals surface area contributed by atoms with E-state index >= 15 is 0 Å². The minimum absolute atomic E-state index is 0.341. The molecule has 0 atom stereocenters. The van der Waals surface area contributed by atoms with Crippen LogP contribution in [0.15, 0.2) is 23.6 Å². The molecular formula is C14H15NO4S. The van der Waals surface area contributed by atoms with Crippen molar-refractivity contribution in [1.82, 2.24) is 4.98 Å². The molecule has 0 spiro atoms. The molecule has 2 aromatic rings. The zero-order valence-electron chi connectivity index (χ0n) is 11.5. The lowest BCUT2D eigenvalue weighted by molar-refractivity contribution is 0.0594. The summed E-state index contributed by atoms with van der Waals surface area (Å²) in [7, 11) is 4.54. The predicted octanol–water partition coefficient (Wildman–Crippen LogP) is 2.54. The fraction of sp³-hybridized carbons (Fsp3) is 0.286. The largest absolute Gasteiger partial charge is 0.493 e. The number of methoxy groups -OCH3 is 3. The highest BCUT2D eigenvalue weighted by atomic mass is 32.1. The highest BCUT2D eigenvalue weighted by Crippen LogP contribution is 2.28. The normalized spacial score (nSPS) is 10.2. The molecule has 0 unspecified atom stereocenters. The molecule has 5 nitrogen and oxygen atoms in total. The number of thiazole rings is 1. The number of rotatable bonds is 5. The van der Waals surface area contributed by atoms with Gasteiger partial charge in [0.1, 0.15) is 0 Å². The van der Waals surface area contributed by atoms with E-state index in [4.69, 9.17) is 9.47 Å². The molecular weight excluding hydrogens is 278 g/mol. The second-order valence-electron chi connectivity index (χ2n) is 3.98. The van der Waals surface area contributed by atoms with Crippen LogP contribution in [0.25, 0.3) is 0 Å². The summed E-state index contributed by atoms with van der Waals surface area (Å²) in [4.78, 5) is 15.6. The monoisotopic (exact) mass is 293 g/mol. The molecule has 1 aromatic carbocycles. The van der Waals surface area contributed by atoms with Crippen molar-refractivity contribution in [2.75, 3.05) is 21.3 Å². The van der Waals surface area contributed by atoms with E-state index in [9.17, 15) is 4.79 Å². The van der Waals surface area contributed by atoms with Crippen molar-refractivity contribution in [2.45, 2.75) is 6.42 Å². The fourth-order valence-electron chi connectivity index (χ4n) is 1.76. The van der Waals surface area contributed by atoms with Crippen LogP contribution in [0.1, 0.15) is 21.1 Å². The number of esters is 1. The fourth-order valence-corrected chi connectivity index (χ4v) is 2.55. The minimum atomic E-state index is -0.417. The SMILES string of the molecule is COC(=O)c1csc(Cc2ccc(OC)c(OC)c2)n1. The number of hydrogen-bond donors (Lipinski definition) is 0. The van der Waals surface area contributed by atoms with Crippen LogP contribution >= 0.6 is 11.3 Å². The number of carbonyl (C=O) groups excluding carboxylic acids is 1. The molecule has 0 bridgehead atoms. The summed E-state index contributed by atoms with van der Waals surface area (Å²) in [5.74, 6) is 0.945. The second kappa shape index (κ2) is 6.38. The molecule has 0 radical (unpaired) electrons. The smallest absolute Gasteiger partial charge is 0.357 e. The first-order chi connectivity index (χ1) is 9.67. The van der Waals surface area contributed by atoms with E-state index in [0.717, 1.165) is 10.6 Å². The predicted molar refractivity (Wildman–Crippen MR) is 75.8 cm³/mol. The summed E-state index contributed by atoms with van der Waals surface area (Å²) >= 11 is 1.43. The summed E-state index contributed by atoms with van der Waals surface area (Å²) in [6.45, 7) is 0. The van der Waals surface area contributed by atoms with Crippen molar-refractivity contribution in [2.24, 2.45) is 0 Å². The Bertz CT molecular complexity index is 609. The minimum Gasteiger partial charge on any atom is -0.493 e. The van der Waals surface area contributed by atoms with E-state index in [1.807, 2.05) is 18.2 Å². The van der Waals surface area contributed by atoms with Gasteiger partial charge in [-0.05, 0) is 17.7 Å². The summed E-state index contributed by atoms with van der Waals surface area (Å²) in [5.41, 5.74) is 1.38. The molecule has 1 heterocycles. The van der Waals surface area contributed by atoms with Gasteiger partial charge in [-0.15, -0.1) is 11.3 Å². The highest BCUT2D eigenvalue weighted by Gasteiger charge is 2.12. The number of ether oxygens (including phenoxy) is 3. The lowest BCUT2D eigenvalue weighted by Crippen LogP contribution is -2.01. The molecule has 0 aliphatic rings. The maximum absolute atomic E-state index is 11.3. The molecule has 0 saturated heterocycles. The number of aromatic nitrogens is 1. The topological polar surface area (TPSA) is 57.7 Å². The van der Waals surface area contributed by atoms with Gasteiger partial charge in [0.05, 0.1) is 26.3 Å². The van der Waals surface area contributed by atoms with E-state index in [-0.39, 0.29) is 0 Å². The number of nitrogens with zero attached hydrogens (tertiary/aromatic N) is 1. The Morgan fingerprint density at radius 1 is 1.20 bits per heavy atom. The van der Waals surface area contributed by atoms with Crippen LogP contribution in [-0.2, 0) is 11.2 Å². The zero-order valence-corrected chi connectivity index (χ0v) is 12.3. The summed E-state index contributed by atoms with van der Waals surface area (Å²) in [6.07, 6.45) is 0.627. The van der Waals surface area contributed by atoms with Gasteiger partial charge in [-0.3, -0.25) is 0 Å². The highest BCUT2D eigenvalue weighted by molar-refractivity contribution is 7.09. The maximum atomic E-state index is 11.3. The van der Waals surface area contributed by atoms with Crippen LogP contribution in [0.2, 0.25) is 0 Å². The van der Waals surface area contributed by atoms with Gasteiger partial charge in [0.2, 0.25) is 0 Å². The average molecular weight is 293 g/mol. The quantitative estimate of drug-likeness (QED) is 0.793. The lowest BCUT2D eigenvalue weighted by atomic mass is 10.1. The third kappa shape index (κ3) is 3.08. The van der Waals surface area contributed by atoms with Gasteiger partial charge in [-0.1, -0.05) is 6.07 Å². The van der Waals surface area contributed by atoms with Gasteiger partial charge in [-0.2, -0.15) is 0 Å². The maximum Gasteiger partial charge on any atom is 0.357 e. The van der Waals surface area contributed by atoms with Gasteiger partial charge in [0.15, 0.2) is 17.2 Å². The molecule has 0 amide bonds. The first kappa shape index (κ1) is 14.3. The van der Waals surface area contributed by atoms with E-state index in [1.54, 1.807) is 19.6 Å². The van der Waals surface area contributed by atoms with Gasteiger partial charge >= 0.3 is 5.97 Å². The van der Waals surface area contributed by atoms with Crippen LogP contribution in [0.4, 0.5) is 0 Å². The Morgan fingerprint density at radius 3 is 2.60 bits per heavy atom. The van der Waals surface area contributed by atoms with Crippen molar-refractivity contribution in [3.05, 3.63) is 39.8 Å². The van der Waals surface area contributed by atoms with Crippen molar-refractivity contribution < 1.29 is 19.0 Å². The second-order valence-corrected chi connectivity index (χ2v) is 4.93. The van der Waals surface area contributed by atoms with E-state index < -0.39 is 5.97 Å². The third-order valence-corrected chi connectivity index (χ3v) is 3.60. The standard InChI is InChI=1S/C14H15NO4S/c1-17-11-5-4-9(6-12(11)18-2)7-13-15-10(8-20-13)14(16)19-3/h4-6,8H,7H2,1-3H3. The third-order valence-electron chi connectivity index (χ3n) is 2.75. The average Bonchev–Trinajstić information content (AvgIpc) is 2.94. The van der Waals surface area contributed by atoms with Gasteiger partial charge in [0.25, 0.3) is 0 Å². The van der Waals surface area contributed by atoms with Gasteiger partial charge < -0.3 is 14.2 Å². The molecule has 0 fully saturated rings. The molecule has 6 heteroatoms. The Morgan fingerprint density at radius 2 is 1.95 bits per heavy atom. The van der Waals surface area contributed by atoms with Crippen LogP contribution in [-0.4, -0.2) is 32.3 Å². The Hall–Kier alpha value is -2.08. The van der Waals surface area contributed by atoms with E-state index in [2.05, 4.69) is 9.72 Å². The number of benzene rings is 1. The van der Waals surface area contributed by atoms with Gasteiger partial charge in [-0.25, -0.2) is 9.78 Å². The summed E-state index contributed by atoms with van der Waals surface area (Å²) in [5, 5.41) is 2.54. The first-order valence-corrected chi connectivity index (χ1v) is 6.79. The Balaban J connectivity index is 2.17. The molecule has 106 valence electrons. The van der Waals surface area contributed by atoms with E-state index in [0.29, 0.717) is 23.6 Å².